The van der Waals surface area contributed by atoms with Gasteiger partial charge in [-0.15, -0.1) is 28.3 Å². The number of carbonyl (C=O) groups is 2. The fourth-order valence-corrected chi connectivity index (χ4v) is 4.37. The summed E-state index contributed by atoms with van der Waals surface area (Å²) < 4.78 is 0. The van der Waals surface area contributed by atoms with E-state index in [1.807, 2.05) is 30.3 Å². The van der Waals surface area contributed by atoms with Crippen LogP contribution < -0.4 is 10.6 Å². The van der Waals surface area contributed by atoms with Crippen LogP contribution >= 0.6 is 28.3 Å². The summed E-state index contributed by atoms with van der Waals surface area (Å²) >= 11 is 1.57. The number of ketones is 1. The van der Waals surface area contributed by atoms with Gasteiger partial charge in [0.1, 0.15) is 5.00 Å². The first-order valence-corrected chi connectivity index (χ1v) is 8.66. The summed E-state index contributed by atoms with van der Waals surface area (Å²) in [6, 6.07) is 9.26. The number of nitrogens with two attached hydrogens (primary N) is 1. The SMILES string of the molecule is Br.CN(C(=O)CN)c1sc2c(c1C(=O)c1ccccc1)CCCC2. The van der Waals surface area contributed by atoms with E-state index in [0.717, 1.165) is 36.2 Å². The maximum atomic E-state index is 13.1. The maximum Gasteiger partial charge on any atom is 0.241 e. The number of carbonyl (C=O) groups excluding carboxylic acids is 2. The van der Waals surface area contributed by atoms with Gasteiger partial charge in [-0.2, -0.15) is 0 Å². The number of hydrogen-bond donors (Lipinski definition) is 1. The minimum Gasteiger partial charge on any atom is -0.322 e. The highest BCUT2D eigenvalue weighted by Gasteiger charge is 2.29. The molecule has 1 aliphatic carbocycles. The molecule has 4 nitrogen and oxygen atoms in total. The van der Waals surface area contributed by atoms with Crippen molar-refractivity contribution in [2.75, 3.05) is 18.5 Å². The summed E-state index contributed by atoms with van der Waals surface area (Å²) in [4.78, 5) is 27.9. The van der Waals surface area contributed by atoms with Crippen LogP contribution in [0, 0.1) is 0 Å². The largest absolute Gasteiger partial charge is 0.322 e. The van der Waals surface area contributed by atoms with Crippen LogP contribution in [0.5, 0.6) is 0 Å². The quantitative estimate of drug-likeness (QED) is 0.788. The molecule has 6 heteroatoms. The Morgan fingerprint density at radius 2 is 1.83 bits per heavy atom. The van der Waals surface area contributed by atoms with Gasteiger partial charge in [-0.1, -0.05) is 30.3 Å². The Morgan fingerprint density at radius 1 is 1.17 bits per heavy atom. The van der Waals surface area contributed by atoms with Crippen molar-refractivity contribution in [1.29, 1.82) is 0 Å². The normalized spacial score (nSPS) is 12.9. The molecule has 0 aliphatic heterocycles. The van der Waals surface area contributed by atoms with E-state index in [1.54, 1.807) is 23.3 Å². The van der Waals surface area contributed by atoms with Crippen molar-refractivity contribution in [1.82, 2.24) is 0 Å². The van der Waals surface area contributed by atoms with Gasteiger partial charge in [-0.3, -0.25) is 9.59 Å². The lowest BCUT2D eigenvalue weighted by Gasteiger charge is -2.17. The van der Waals surface area contributed by atoms with Gasteiger partial charge in [0.15, 0.2) is 5.78 Å². The van der Waals surface area contributed by atoms with E-state index < -0.39 is 0 Å². The van der Waals surface area contributed by atoms with Crippen LogP contribution in [0.4, 0.5) is 5.00 Å². The molecule has 1 heterocycles. The van der Waals surface area contributed by atoms with E-state index in [0.29, 0.717) is 11.1 Å². The molecule has 3 rings (SSSR count). The van der Waals surface area contributed by atoms with Gasteiger partial charge in [0, 0.05) is 17.5 Å². The standard InChI is InChI=1S/C18H20N2O2S.BrH/c1-20(15(21)11-19)18-16(13-9-5-6-10-14(13)23-18)17(22)12-7-3-2-4-8-12;/h2-4,7-8H,5-6,9-11,19H2,1H3;1H. The van der Waals surface area contributed by atoms with E-state index in [9.17, 15) is 9.59 Å². The van der Waals surface area contributed by atoms with Crippen molar-refractivity contribution >= 4 is 45.0 Å². The topological polar surface area (TPSA) is 63.4 Å². The zero-order valence-electron chi connectivity index (χ0n) is 13.6. The van der Waals surface area contributed by atoms with Crippen LogP contribution in [0.25, 0.3) is 0 Å². The summed E-state index contributed by atoms with van der Waals surface area (Å²) in [5.74, 6) is -0.178. The Morgan fingerprint density at radius 3 is 2.50 bits per heavy atom. The molecule has 0 bridgehead atoms. The van der Waals surface area contributed by atoms with Crippen LogP contribution in [0.15, 0.2) is 30.3 Å². The zero-order chi connectivity index (χ0) is 16.4. The summed E-state index contributed by atoms with van der Waals surface area (Å²) in [5, 5.41) is 0.737. The molecular weight excluding hydrogens is 388 g/mol. The second-order valence-corrected chi connectivity index (χ2v) is 6.83. The Hall–Kier alpha value is -1.50. The molecule has 0 saturated heterocycles. The van der Waals surface area contributed by atoms with E-state index in [4.69, 9.17) is 5.73 Å². The molecular formula is C18H21BrN2O2S. The van der Waals surface area contributed by atoms with Gasteiger partial charge in [-0.25, -0.2) is 0 Å². The molecule has 1 aromatic heterocycles. The van der Waals surface area contributed by atoms with Gasteiger partial charge in [0.25, 0.3) is 0 Å². The molecule has 0 radical (unpaired) electrons. The average molecular weight is 409 g/mol. The lowest BCUT2D eigenvalue weighted by molar-refractivity contribution is -0.116. The Bertz CT molecular complexity index is 743. The van der Waals surface area contributed by atoms with Crippen LogP contribution in [0.2, 0.25) is 0 Å². The van der Waals surface area contributed by atoms with Gasteiger partial charge in [-0.05, 0) is 31.2 Å². The van der Waals surface area contributed by atoms with Crippen molar-refractivity contribution in [2.45, 2.75) is 25.7 Å². The number of halogens is 1. The van der Waals surface area contributed by atoms with Crippen LogP contribution in [0.1, 0.15) is 39.2 Å². The average Bonchev–Trinajstić information content (AvgIpc) is 2.99. The predicted molar refractivity (Wildman–Crippen MR) is 104 cm³/mol. The second kappa shape index (κ2) is 8.05. The molecule has 1 aliphatic rings. The third-order valence-electron chi connectivity index (χ3n) is 4.27. The maximum absolute atomic E-state index is 13.1. The zero-order valence-corrected chi connectivity index (χ0v) is 16.1. The minimum absolute atomic E-state index is 0. The summed E-state index contributed by atoms with van der Waals surface area (Å²) in [6.45, 7) is -0.0575. The molecule has 0 atom stereocenters. The summed E-state index contributed by atoms with van der Waals surface area (Å²) in [6.07, 6.45) is 4.12. The number of anilines is 1. The number of amides is 1. The number of likely N-dealkylation sites (N-methyl/N-ethyl adjacent to an activating group) is 1. The predicted octanol–water partition coefficient (Wildman–Crippen LogP) is 3.36. The van der Waals surface area contributed by atoms with Crippen molar-refractivity contribution in [3.63, 3.8) is 0 Å². The first-order chi connectivity index (χ1) is 11.1. The number of nitrogens with zero attached hydrogens (tertiary/aromatic N) is 1. The van der Waals surface area contributed by atoms with Gasteiger partial charge < -0.3 is 10.6 Å². The van der Waals surface area contributed by atoms with Gasteiger partial charge in [0.2, 0.25) is 5.91 Å². The van der Waals surface area contributed by atoms with Gasteiger partial charge in [0.05, 0.1) is 12.1 Å². The van der Waals surface area contributed by atoms with Crippen LogP contribution in [0.3, 0.4) is 0 Å². The summed E-state index contributed by atoms with van der Waals surface area (Å²) in [7, 11) is 1.70. The van der Waals surface area contributed by atoms with Crippen molar-refractivity contribution < 1.29 is 9.59 Å². The summed E-state index contributed by atoms with van der Waals surface area (Å²) in [5.41, 5.74) is 7.98. The molecule has 0 saturated carbocycles. The highest BCUT2D eigenvalue weighted by Crippen LogP contribution is 2.41. The third-order valence-corrected chi connectivity index (χ3v) is 5.64. The molecule has 0 spiro atoms. The number of hydrogen-bond acceptors (Lipinski definition) is 4. The van der Waals surface area contributed by atoms with Gasteiger partial charge >= 0.3 is 0 Å². The number of thiophene rings is 1. The second-order valence-electron chi connectivity index (χ2n) is 5.74. The first kappa shape index (κ1) is 18.8. The van der Waals surface area contributed by atoms with Crippen LogP contribution in [-0.2, 0) is 17.6 Å². The van der Waals surface area contributed by atoms with Crippen LogP contribution in [-0.4, -0.2) is 25.3 Å². The molecule has 0 unspecified atom stereocenters. The Kier molecular flexibility index (Phi) is 6.32. The lowest BCUT2D eigenvalue weighted by Crippen LogP contribution is -2.33. The highest BCUT2D eigenvalue weighted by molar-refractivity contribution is 8.93. The molecule has 0 fully saturated rings. The smallest absolute Gasteiger partial charge is 0.241 e. The number of fused-ring (bicyclic) bond motifs is 1. The van der Waals surface area contributed by atoms with Crippen molar-refractivity contribution in [2.24, 2.45) is 5.73 Å². The third kappa shape index (κ3) is 3.45. The van der Waals surface area contributed by atoms with E-state index in [2.05, 4.69) is 0 Å². The number of rotatable bonds is 4. The molecule has 24 heavy (non-hydrogen) atoms. The molecule has 128 valence electrons. The molecule has 1 aromatic carbocycles. The number of aryl methyl sites for hydroxylation is 1. The Labute approximate surface area is 156 Å². The monoisotopic (exact) mass is 408 g/mol. The van der Waals surface area contributed by atoms with Crippen molar-refractivity contribution in [3.05, 3.63) is 51.9 Å². The lowest BCUT2D eigenvalue weighted by atomic mass is 9.92. The van der Waals surface area contributed by atoms with E-state index in [-0.39, 0.29) is 35.2 Å². The molecule has 1 amide bonds. The molecule has 2 aromatic rings. The van der Waals surface area contributed by atoms with E-state index in [1.165, 1.54) is 4.88 Å². The molecule has 2 N–H and O–H groups in total. The Balaban J connectivity index is 0.00000208. The fourth-order valence-electron chi connectivity index (χ4n) is 3.01. The van der Waals surface area contributed by atoms with Crippen molar-refractivity contribution in [3.8, 4) is 0 Å². The minimum atomic E-state index is -0.175. The highest BCUT2D eigenvalue weighted by atomic mass is 79.9. The first-order valence-electron chi connectivity index (χ1n) is 7.84. The number of benzene rings is 1. The van der Waals surface area contributed by atoms with E-state index >= 15 is 0 Å². The fraction of sp³-hybridized carbons (Fsp3) is 0.333.